The molecule has 11 heteroatoms. The molecule has 0 amide bonds. The van der Waals surface area contributed by atoms with Crippen molar-refractivity contribution in [2.75, 3.05) is 0 Å². The van der Waals surface area contributed by atoms with Gasteiger partial charge < -0.3 is 23.6 Å². The quantitative estimate of drug-likeness (QED) is 0.282. The predicted octanol–water partition coefficient (Wildman–Crippen LogP) is -1.18. The van der Waals surface area contributed by atoms with Crippen molar-refractivity contribution in [3.8, 4) is 0 Å². The van der Waals surface area contributed by atoms with Crippen molar-refractivity contribution >= 4 is 30.3 Å². The minimum absolute atomic E-state index is 0. The van der Waals surface area contributed by atoms with Crippen LogP contribution in [-0.4, -0.2) is 30.3 Å². The Morgan fingerprint density at radius 1 is 0.636 bits per heavy atom. The van der Waals surface area contributed by atoms with Gasteiger partial charge in [0.1, 0.15) is 0 Å². The van der Waals surface area contributed by atoms with E-state index in [4.69, 9.17) is 0 Å². The van der Waals surface area contributed by atoms with Gasteiger partial charge in [-0.3, -0.25) is 0 Å². The summed E-state index contributed by atoms with van der Waals surface area (Å²) >= 11 is -3.57. The molecule has 2 heterocycles. The topological polar surface area (TPSA) is 68.6 Å². The zero-order chi connectivity index (χ0) is 5.40. The third-order valence-electron chi connectivity index (χ3n) is 0.562. The van der Waals surface area contributed by atoms with Crippen molar-refractivity contribution in [1.82, 2.24) is 0 Å². The maximum Gasteiger partial charge on any atom is 0.986 e. The zero-order valence-electron chi connectivity index (χ0n) is 4.55. The fourth-order valence-corrected chi connectivity index (χ4v) is 1.42. The third kappa shape index (κ3) is 7.38. The normalized spacial score (nSPS) is 17.5. The molecule has 2 aliphatic rings. The number of hydrogen-bond acceptors (Lipinski definition) is 6. The van der Waals surface area contributed by atoms with Crippen LogP contribution in [-0.2, 0) is 73.1 Å². The summed E-state index contributed by atoms with van der Waals surface area (Å²) in [7, 11) is 0. The summed E-state index contributed by atoms with van der Waals surface area (Å²) in [5.41, 5.74) is 0. The molecule has 2 fully saturated rings. The Balaban J connectivity index is 0. The SMILES string of the molecule is [Ni].[Ni].[Ni].[O]1[O][Al]1[O][O][Al]1[O][O]1. The molecule has 0 saturated carbocycles. The second-order valence-corrected chi connectivity index (χ2v) is 3.46. The van der Waals surface area contributed by atoms with Gasteiger partial charge in [-0.1, -0.05) is 0 Å². The molecule has 0 unspecified atom stereocenters. The Morgan fingerprint density at radius 2 is 0.909 bits per heavy atom. The van der Waals surface area contributed by atoms with Crippen LogP contribution in [0, 0.1) is 0 Å². The fourth-order valence-electron chi connectivity index (χ4n) is 0.200. The van der Waals surface area contributed by atoms with Crippen LogP contribution >= 0.6 is 0 Å². The van der Waals surface area contributed by atoms with Crippen LogP contribution in [0.25, 0.3) is 0 Å². The summed E-state index contributed by atoms with van der Waals surface area (Å²) in [5, 5.41) is 0. The van der Waals surface area contributed by atoms with Crippen LogP contribution < -0.4 is 0 Å². The van der Waals surface area contributed by atoms with E-state index in [1.165, 1.54) is 0 Å². The zero-order valence-corrected chi connectivity index (χ0v) is 9.83. The van der Waals surface area contributed by atoms with Crippen molar-refractivity contribution in [3.63, 3.8) is 0 Å². The van der Waals surface area contributed by atoms with E-state index in [2.05, 4.69) is 23.6 Å². The van der Waals surface area contributed by atoms with Gasteiger partial charge in [0.15, 0.2) is 0 Å². The summed E-state index contributed by atoms with van der Waals surface area (Å²) in [6.45, 7) is 0. The molecular weight excluding hydrogens is 326 g/mol. The van der Waals surface area contributed by atoms with Gasteiger partial charge in [0.25, 0.3) is 0 Å². The predicted molar refractivity (Wildman–Crippen MR) is 18.0 cm³/mol. The molecule has 11 heavy (non-hydrogen) atoms. The summed E-state index contributed by atoms with van der Waals surface area (Å²) in [5.74, 6) is 0. The second-order valence-electron chi connectivity index (χ2n) is 1.15. The summed E-state index contributed by atoms with van der Waals surface area (Å²) < 4.78 is 26.1. The van der Waals surface area contributed by atoms with Crippen LogP contribution in [0.15, 0.2) is 0 Å². The van der Waals surface area contributed by atoms with Crippen LogP contribution in [0.2, 0.25) is 0 Å². The average Bonchev–Trinajstić information content (AvgIpc) is 2.60. The Bertz CT molecular complexity index is 81.8. The van der Waals surface area contributed by atoms with Crippen LogP contribution in [0.4, 0.5) is 0 Å². The molecule has 0 aromatic rings. The van der Waals surface area contributed by atoms with Crippen molar-refractivity contribution < 1.29 is 73.1 Å². The minimum Gasteiger partial charge on any atom is -0.329 e. The molecule has 0 spiro atoms. The maximum atomic E-state index is 4.48. The molecule has 2 aliphatic heterocycles. The van der Waals surface area contributed by atoms with Crippen molar-refractivity contribution in [3.05, 3.63) is 0 Å². The molecular formula is Al2Ni3O6. The number of hydrogen-bond donors (Lipinski definition) is 0. The van der Waals surface area contributed by atoms with E-state index < -0.39 is 30.3 Å². The third-order valence-corrected chi connectivity index (χ3v) is 2.02. The molecule has 0 aliphatic carbocycles. The second kappa shape index (κ2) is 7.69. The Hall–Kier alpha value is 2.31. The van der Waals surface area contributed by atoms with Gasteiger partial charge in [-0.2, -0.15) is 0 Å². The summed E-state index contributed by atoms with van der Waals surface area (Å²) in [4.78, 5) is 0. The molecule has 0 aromatic carbocycles. The smallest absolute Gasteiger partial charge is 0.329 e. The molecule has 0 aromatic heterocycles. The molecule has 2 saturated heterocycles. The first-order valence-electron chi connectivity index (χ1n) is 1.91. The molecule has 0 atom stereocenters. The molecule has 2 rings (SSSR count). The van der Waals surface area contributed by atoms with Crippen LogP contribution in [0.1, 0.15) is 0 Å². The van der Waals surface area contributed by atoms with E-state index in [1.807, 2.05) is 0 Å². The maximum absolute atomic E-state index is 4.48. The standard InChI is InChI=1S/2Al.3Ni.3O2/c;;;;;3*1-2/q2*+3;;;;3*-2. The van der Waals surface area contributed by atoms with E-state index >= 15 is 0 Å². The van der Waals surface area contributed by atoms with Gasteiger partial charge in [-0.25, -0.2) is 0 Å². The Labute approximate surface area is 102 Å². The van der Waals surface area contributed by atoms with E-state index in [1.54, 1.807) is 0 Å². The largest absolute Gasteiger partial charge is 0.986 e. The Kier molecular flexibility index (Phi) is 11.0. The molecule has 0 N–H and O–H groups in total. The minimum atomic E-state index is -1.78. The van der Waals surface area contributed by atoms with Gasteiger partial charge >= 0.3 is 30.3 Å². The van der Waals surface area contributed by atoms with Gasteiger partial charge in [0, 0.05) is 49.5 Å². The fraction of sp³-hybridized carbons (Fsp3) is 0. The first kappa shape index (κ1) is 15.8. The van der Waals surface area contributed by atoms with Crippen LogP contribution in [0.5, 0.6) is 0 Å². The van der Waals surface area contributed by atoms with Gasteiger partial charge in [-0.05, 0) is 0 Å². The first-order chi connectivity index (χ1) is 3.95. The van der Waals surface area contributed by atoms with E-state index in [9.17, 15) is 0 Å². The number of rotatable bonds is 3. The Morgan fingerprint density at radius 3 is 1.09 bits per heavy atom. The van der Waals surface area contributed by atoms with Crippen molar-refractivity contribution in [1.29, 1.82) is 0 Å². The van der Waals surface area contributed by atoms with E-state index in [0.29, 0.717) is 0 Å². The van der Waals surface area contributed by atoms with Crippen molar-refractivity contribution in [2.24, 2.45) is 0 Å². The van der Waals surface area contributed by atoms with Gasteiger partial charge in [-0.15, -0.1) is 0 Å². The molecule has 6 nitrogen and oxygen atoms in total. The van der Waals surface area contributed by atoms with E-state index in [-0.39, 0.29) is 49.5 Å². The molecule has 0 bridgehead atoms. The van der Waals surface area contributed by atoms with Gasteiger partial charge in [0.2, 0.25) is 0 Å². The molecule has 72 valence electrons. The first-order valence-corrected chi connectivity index (χ1v) is 4.74. The average molecular weight is 326 g/mol. The summed E-state index contributed by atoms with van der Waals surface area (Å²) in [6.07, 6.45) is 0. The van der Waals surface area contributed by atoms with E-state index in [0.717, 1.165) is 0 Å². The van der Waals surface area contributed by atoms with Crippen LogP contribution in [0.3, 0.4) is 0 Å². The monoisotopic (exact) mass is 324 g/mol. The molecule has 0 radical (unpaired) electrons. The van der Waals surface area contributed by atoms with Gasteiger partial charge in [0.05, 0.1) is 0 Å². The summed E-state index contributed by atoms with van der Waals surface area (Å²) in [6, 6.07) is 0. The van der Waals surface area contributed by atoms with Crippen molar-refractivity contribution in [2.45, 2.75) is 0 Å².